The third kappa shape index (κ3) is 3.91. The van der Waals surface area contributed by atoms with Gasteiger partial charge in [0.05, 0.1) is 6.61 Å². The van der Waals surface area contributed by atoms with E-state index in [1.54, 1.807) is 0 Å². The van der Waals surface area contributed by atoms with Crippen molar-refractivity contribution in [3.8, 4) is 0 Å². The zero-order valence-corrected chi connectivity index (χ0v) is 14.3. The van der Waals surface area contributed by atoms with Gasteiger partial charge in [0.1, 0.15) is 11.9 Å². The predicted molar refractivity (Wildman–Crippen MR) is 93.9 cm³/mol. The van der Waals surface area contributed by atoms with Crippen LogP contribution in [0.4, 0.5) is 0 Å². The molecule has 1 amide bonds. The van der Waals surface area contributed by atoms with E-state index in [1.807, 2.05) is 30.6 Å². The van der Waals surface area contributed by atoms with Gasteiger partial charge < -0.3 is 14.6 Å². The standard InChI is InChI=1S/C19H24N4O2/c24-19(21-16-6-7-18-20-8-9-23(18)13-16)17-14-22(10-11-25-17)12-15-4-2-1-3-5-15/h1-5,8-9,16-17H,6-7,10-14H2,(H,21,24)/t16-,17+/m1/s1. The minimum Gasteiger partial charge on any atom is -0.366 e. The minimum absolute atomic E-state index is 0.00586. The summed E-state index contributed by atoms with van der Waals surface area (Å²) < 4.78 is 7.85. The highest BCUT2D eigenvalue weighted by atomic mass is 16.5. The highest BCUT2D eigenvalue weighted by Gasteiger charge is 2.29. The van der Waals surface area contributed by atoms with E-state index in [0.29, 0.717) is 13.2 Å². The molecule has 2 aromatic rings. The number of carbonyl (C=O) groups excluding carboxylic acids is 1. The van der Waals surface area contributed by atoms with Gasteiger partial charge in [-0.15, -0.1) is 0 Å². The Labute approximate surface area is 147 Å². The van der Waals surface area contributed by atoms with Gasteiger partial charge in [-0.2, -0.15) is 0 Å². The molecule has 1 saturated heterocycles. The van der Waals surface area contributed by atoms with Gasteiger partial charge in [0.15, 0.2) is 0 Å². The molecule has 0 saturated carbocycles. The van der Waals surface area contributed by atoms with Gasteiger partial charge in [0.2, 0.25) is 0 Å². The molecule has 25 heavy (non-hydrogen) atoms. The van der Waals surface area contributed by atoms with E-state index in [-0.39, 0.29) is 18.1 Å². The zero-order chi connectivity index (χ0) is 17.1. The number of aryl methyl sites for hydroxylation is 1. The van der Waals surface area contributed by atoms with Crippen LogP contribution in [0.1, 0.15) is 17.8 Å². The van der Waals surface area contributed by atoms with Gasteiger partial charge in [0, 0.05) is 51.0 Å². The summed E-state index contributed by atoms with van der Waals surface area (Å²) in [5, 5.41) is 3.16. The first-order chi connectivity index (χ1) is 12.3. The van der Waals surface area contributed by atoms with Crippen molar-refractivity contribution < 1.29 is 9.53 Å². The number of carbonyl (C=O) groups is 1. The van der Waals surface area contributed by atoms with E-state index in [0.717, 1.165) is 38.3 Å². The number of morpholine rings is 1. The van der Waals surface area contributed by atoms with Crippen molar-refractivity contribution in [1.29, 1.82) is 0 Å². The molecule has 1 fully saturated rings. The van der Waals surface area contributed by atoms with Crippen molar-refractivity contribution in [3.63, 3.8) is 0 Å². The fourth-order valence-corrected chi connectivity index (χ4v) is 3.62. The molecule has 6 nitrogen and oxygen atoms in total. The number of amides is 1. The maximum Gasteiger partial charge on any atom is 0.250 e. The topological polar surface area (TPSA) is 59.4 Å². The number of ether oxygens (including phenoxy) is 1. The number of rotatable bonds is 4. The van der Waals surface area contributed by atoms with Gasteiger partial charge in [-0.05, 0) is 12.0 Å². The SMILES string of the molecule is O=C(N[C@@H]1CCc2nccn2C1)[C@@H]1CN(Cc2ccccc2)CCO1. The Morgan fingerprint density at radius 3 is 3.04 bits per heavy atom. The molecule has 3 heterocycles. The monoisotopic (exact) mass is 340 g/mol. The Bertz CT molecular complexity index is 715. The summed E-state index contributed by atoms with van der Waals surface area (Å²) in [4.78, 5) is 19.2. The van der Waals surface area contributed by atoms with Crippen LogP contribution in [0.2, 0.25) is 0 Å². The zero-order valence-electron chi connectivity index (χ0n) is 14.3. The smallest absolute Gasteiger partial charge is 0.250 e. The van der Waals surface area contributed by atoms with Crippen LogP contribution in [0, 0.1) is 0 Å². The molecular weight excluding hydrogens is 316 g/mol. The number of hydrogen-bond donors (Lipinski definition) is 1. The third-order valence-electron chi connectivity index (χ3n) is 4.97. The Morgan fingerprint density at radius 1 is 1.28 bits per heavy atom. The fourth-order valence-electron chi connectivity index (χ4n) is 3.62. The van der Waals surface area contributed by atoms with E-state index in [4.69, 9.17) is 4.74 Å². The van der Waals surface area contributed by atoms with E-state index in [1.165, 1.54) is 5.56 Å². The van der Waals surface area contributed by atoms with Gasteiger partial charge in [-0.3, -0.25) is 9.69 Å². The summed E-state index contributed by atoms with van der Waals surface area (Å²) >= 11 is 0. The Balaban J connectivity index is 1.31. The Morgan fingerprint density at radius 2 is 2.16 bits per heavy atom. The summed E-state index contributed by atoms with van der Waals surface area (Å²) in [6, 6.07) is 10.5. The summed E-state index contributed by atoms with van der Waals surface area (Å²) in [6.07, 6.45) is 5.26. The fraction of sp³-hybridized carbons (Fsp3) is 0.474. The van der Waals surface area contributed by atoms with Crippen LogP contribution in [0.5, 0.6) is 0 Å². The maximum atomic E-state index is 12.6. The van der Waals surface area contributed by atoms with Crippen molar-refractivity contribution in [2.75, 3.05) is 19.7 Å². The second-order valence-corrected chi connectivity index (χ2v) is 6.82. The van der Waals surface area contributed by atoms with Gasteiger partial charge in [-0.1, -0.05) is 30.3 Å². The lowest BCUT2D eigenvalue weighted by molar-refractivity contribution is -0.139. The van der Waals surface area contributed by atoms with Crippen LogP contribution < -0.4 is 5.32 Å². The van der Waals surface area contributed by atoms with Crippen LogP contribution in [-0.2, 0) is 29.0 Å². The highest BCUT2D eigenvalue weighted by molar-refractivity contribution is 5.81. The Hall–Kier alpha value is -2.18. The first-order valence-electron chi connectivity index (χ1n) is 8.96. The summed E-state index contributed by atoms with van der Waals surface area (Å²) in [7, 11) is 0. The van der Waals surface area contributed by atoms with Gasteiger partial charge in [0.25, 0.3) is 5.91 Å². The second-order valence-electron chi connectivity index (χ2n) is 6.82. The molecule has 1 N–H and O–H groups in total. The molecule has 0 aliphatic carbocycles. The van der Waals surface area contributed by atoms with Gasteiger partial charge >= 0.3 is 0 Å². The van der Waals surface area contributed by atoms with Crippen LogP contribution >= 0.6 is 0 Å². The van der Waals surface area contributed by atoms with Crippen molar-refractivity contribution in [2.45, 2.75) is 38.1 Å². The summed E-state index contributed by atoms with van der Waals surface area (Å²) in [5.41, 5.74) is 1.27. The lowest BCUT2D eigenvalue weighted by atomic mass is 10.1. The van der Waals surface area contributed by atoms with E-state index < -0.39 is 0 Å². The molecule has 0 radical (unpaired) electrons. The summed E-state index contributed by atoms with van der Waals surface area (Å²) in [6.45, 7) is 3.75. The average molecular weight is 340 g/mol. The van der Waals surface area contributed by atoms with Gasteiger partial charge in [-0.25, -0.2) is 4.98 Å². The van der Waals surface area contributed by atoms with Crippen molar-refractivity contribution in [2.24, 2.45) is 0 Å². The molecule has 2 aliphatic heterocycles. The number of aromatic nitrogens is 2. The molecule has 0 unspecified atom stereocenters. The molecule has 4 rings (SSSR count). The first kappa shape index (κ1) is 16.3. The van der Waals surface area contributed by atoms with Crippen LogP contribution in [0.3, 0.4) is 0 Å². The highest BCUT2D eigenvalue weighted by Crippen LogP contribution is 2.15. The third-order valence-corrected chi connectivity index (χ3v) is 4.97. The van der Waals surface area contributed by atoms with Crippen molar-refractivity contribution in [3.05, 3.63) is 54.1 Å². The van der Waals surface area contributed by atoms with Crippen LogP contribution in [0.25, 0.3) is 0 Å². The molecule has 1 aromatic heterocycles. The summed E-state index contributed by atoms with van der Waals surface area (Å²) in [5.74, 6) is 1.11. The number of hydrogen-bond acceptors (Lipinski definition) is 4. The minimum atomic E-state index is -0.387. The molecule has 0 spiro atoms. The quantitative estimate of drug-likeness (QED) is 0.909. The van der Waals surface area contributed by atoms with Crippen molar-refractivity contribution >= 4 is 5.91 Å². The molecule has 6 heteroatoms. The average Bonchev–Trinajstić information content (AvgIpc) is 3.10. The number of fused-ring (bicyclic) bond motifs is 1. The normalized spacial score (nSPS) is 23.8. The molecule has 1 aromatic carbocycles. The molecule has 132 valence electrons. The number of imidazole rings is 1. The lowest BCUT2D eigenvalue weighted by Crippen LogP contribution is -2.52. The van der Waals surface area contributed by atoms with E-state index in [9.17, 15) is 4.79 Å². The first-order valence-corrected chi connectivity index (χ1v) is 8.96. The molecule has 2 aliphatic rings. The number of benzene rings is 1. The van der Waals surface area contributed by atoms with Crippen LogP contribution in [0.15, 0.2) is 42.7 Å². The number of nitrogens with one attached hydrogen (secondary N) is 1. The number of nitrogens with zero attached hydrogens (tertiary/aromatic N) is 3. The predicted octanol–water partition coefficient (Wildman–Crippen LogP) is 1.22. The molecule has 2 atom stereocenters. The molecule has 0 bridgehead atoms. The lowest BCUT2D eigenvalue weighted by Gasteiger charge is -2.33. The Kier molecular flexibility index (Phi) is 4.81. The second kappa shape index (κ2) is 7.37. The molecular formula is C19H24N4O2. The van der Waals surface area contributed by atoms with Crippen LogP contribution in [-0.4, -0.2) is 52.2 Å². The van der Waals surface area contributed by atoms with E-state index in [2.05, 4.69) is 31.9 Å². The van der Waals surface area contributed by atoms with Crippen molar-refractivity contribution in [1.82, 2.24) is 19.8 Å². The van der Waals surface area contributed by atoms with E-state index >= 15 is 0 Å². The largest absolute Gasteiger partial charge is 0.366 e. The maximum absolute atomic E-state index is 12.6.